The number of pyridine rings is 1. The van der Waals surface area contributed by atoms with Crippen molar-refractivity contribution < 1.29 is 28.6 Å². The smallest absolute Gasteiger partial charge is 0.305 e. The molecule has 2 amide bonds. The predicted octanol–water partition coefficient (Wildman–Crippen LogP) is 1.81. The van der Waals surface area contributed by atoms with Crippen molar-refractivity contribution in [1.82, 2.24) is 15.0 Å². The number of ether oxygens (including phenoxy) is 3. The summed E-state index contributed by atoms with van der Waals surface area (Å²) in [5.41, 5.74) is 0.269. The first-order valence-electron chi connectivity index (χ1n) is 9.38. The van der Waals surface area contributed by atoms with E-state index in [1.54, 1.807) is 19.1 Å². The van der Waals surface area contributed by atoms with Crippen molar-refractivity contribution in [2.45, 2.75) is 39.0 Å². The molecular weight excluding hydrogens is 366 g/mol. The summed E-state index contributed by atoms with van der Waals surface area (Å²) in [5, 5.41) is 2.90. The lowest BCUT2D eigenvalue weighted by molar-refractivity contribution is -0.144. The molecule has 0 atom stereocenters. The summed E-state index contributed by atoms with van der Waals surface area (Å²) < 4.78 is 15.1. The lowest BCUT2D eigenvalue weighted by Crippen LogP contribution is -2.44. The van der Waals surface area contributed by atoms with Crippen LogP contribution in [0, 0.1) is 0 Å². The number of unbranched alkanes of at least 4 members (excludes halogenated alkanes) is 1. The molecule has 2 heterocycles. The van der Waals surface area contributed by atoms with Crippen LogP contribution in [-0.4, -0.2) is 66.7 Å². The molecular formula is C19H27N3O6. The maximum absolute atomic E-state index is 12.9. The summed E-state index contributed by atoms with van der Waals surface area (Å²) in [7, 11) is 2.90. The number of hydrogen-bond acceptors (Lipinski definition) is 7. The number of carbonyl (C=O) groups excluding carboxylic acids is 3. The van der Waals surface area contributed by atoms with E-state index in [0.29, 0.717) is 51.3 Å². The first kappa shape index (κ1) is 21.5. The molecule has 0 unspecified atom stereocenters. The Morgan fingerprint density at radius 3 is 2.43 bits per heavy atom. The van der Waals surface area contributed by atoms with Crippen molar-refractivity contribution in [1.29, 1.82) is 0 Å². The van der Waals surface area contributed by atoms with E-state index >= 15 is 0 Å². The van der Waals surface area contributed by atoms with Crippen molar-refractivity contribution in [3.8, 4) is 11.8 Å². The Labute approximate surface area is 164 Å². The van der Waals surface area contributed by atoms with Crippen molar-refractivity contribution in [2.75, 3.05) is 33.9 Å². The summed E-state index contributed by atoms with van der Waals surface area (Å²) in [6.45, 7) is 3.04. The molecule has 0 aromatic carbocycles. The second kappa shape index (κ2) is 10.5. The molecule has 2 rings (SSSR count). The molecule has 0 radical (unpaired) electrons. The van der Waals surface area contributed by atoms with Crippen molar-refractivity contribution in [2.24, 2.45) is 0 Å². The molecule has 0 aliphatic carbocycles. The fourth-order valence-corrected chi connectivity index (χ4v) is 2.98. The third-order valence-corrected chi connectivity index (χ3v) is 4.35. The number of amides is 2. The highest BCUT2D eigenvalue weighted by Gasteiger charge is 2.32. The van der Waals surface area contributed by atoms with Gasteiger partial charge in [0, 0.05) is 32.0 Å². The molecule has 1 aromatic heterocycles. The number of rotatable bonds is 9. The molecule has 0 saturated carbocycles. The Bertz CT molecular complexity index is 709. The van der Waals surface area contributed by atoms with Crippen LogP contribution in [0.5, 0.6) is 11.8 Å². The van der Waals surface area contributed by atoms with Crippen LogP contribution in [0.1, 0.15) is 49.4 Å². The monoisotopic (exact) mass is 393 g/mol. The minimum atomic E-state index is -0.343. The number of nitrogens with zero attached hydrogens (tertiary/aromatic N) is 3. The molecule has 1 aliphatic rings. The quantitative estimate of drug-likeness (QED) is 0.466. The number of methoxy groups -OCH3 is 2. The highest BCUT2D eigenvalue weighted by molar-refractivity contribution is 5.97. The van der Waals surface area contributed by atoms with Gasteiger partial charge in [0.2, 0.25) is 17.7 Å². The number of carbonyl (C=O) groups is 3. The minimum absolute atomic E-state index is 0.143. The molecule has 154 valence electrons. The van der Waals surface area contributed by atoms with Gasteiger partial charge >= 0.3 is 5.97 Å². The predicted molar refractivity (Wildman–Crippen MR) is 99.8 cm³/mol. The number of aromatic nitrogens is 1. The largest absolute Gasteiger partial charge is 0.481 e. The zero-order valence-corrected chi connectivity index (χ0v) is 16.6. The molecule has 9 nitrogen and oxygen atoms in total. The Morgan fingerprint density at radius 2 is 1.75 bits per heavy atom. The fraction of sp³-hybridized carbons (Fsp3) is 0.579. The lowest BCUT2D eigenvalue weighted by Gasteiger charge is -2.28. The van der Waals surface area contributed by atoms with Gasteiger partial charge in [-0.2, -0.15) is 4.98 Å². The summed E-state index contributed by atoms with van der Waals surface area (Å²) in [6.07, 6.45) is 2.39. The summed E-state index contributed by atoms with van der Waals surface area (Å²) in [6, 6.07) is 3.15. The molecule has 1 aliphatic heterocycles. The van der Waals surface area contributed by atoms with Gasteiger partial charge in [-0.3, -0.25) is 19.4 Å². The zero-order valence-electron chi connectivity index (χ0n) is 16.6. The molecule has 0 spiro atoms. The van der Waals surface area contributed by atoms with E-state index in [1.807, 2.05) is 0 Å². The Hall–Kier alpha value is -2.84. The number of esters is 1. The van der Waals surface area contributed by atoms with Gasteiger partial charge < -0.3 is 14.2 Å². The first-order valence-corrected chi connectivity index (χ1v) is 9.38. The number of hydrogen-bond donors (Lipinski definition) is 0. The normalized spacial score (nSPS) is 13.4. The van der Waals surface area contributed by atoms with E-state index in [2.05, 4.69) is 4.98 Å². The topological polar surface area (TPSA) is 98.3 Å². The van der Waals surface area contributed by atoms with E-state index in [1.165, 1.54) is 24.2 Å². The number of hydrazine groups is 1. The highest BCUT2D eigenvalue weighted by atomic mass is 16.5. The van der Waals surface area contributed by atoms with Gasteiger partial charge in [0.25, 0.3) is 5.91 Å². The molecule has 1 aromatic rings. The van der Waals surface area contributed by atoms with Crippen LogP contribution in [0.4, 0.5) is 0 Å². The van der Waals surface area contributed by atoms with Crippen LogP contribution in [0.2, 0.25) is 0 Å². The third kappa shape index (κ3) is 5.34. The van der Waals surface area contributed by atoms with Gasteiger partial charge in [0.1, 0.15) is 5.56 Å². The SMILES string of the molecule is CCOC(=O)CCCCC(=O)N1CCCN1C(=O)c1ccc(OC)nc1OC. The van der Waals surface area contributed by atoms with Gasteiger partial charge in [-0.15, -0.1) is 0 Å². The average molecular weight is 393 g/mol. The fourth-order valence-electron chi connectivity index (χ4n) is 2.98. The first-order chi connectivity index (χ1) is 13.5. The lowest BCUT2D eigenvalue weighted by atomic mass is 10.2. The minimum Gasteiger partial charge on any atom is -0.481 e. The van der Waals surface area contributed by atoms with Crippen molar-refractivity contribution >= 4 is 17.8 Å². The second-order valence-electron chi connectivity index (χ2n) is 6.22. The average Bonchev–Trinajstić information content (AvgIpc) is 3.20. The van der Waals surface area contributed by atoms with E-state index in [-0.39, 0.29) is 35.6 Å². The molecule has 1 fully saturated rings. The molecule has 0 N–H and O–H groups in total. The van der Waals surface area contributed by atoms with Gasteiger partial charge in [0.05, 0.1) is 20.8 Å². The van der Waals surface area contributed by atoms with Crippen LogP contribution in [0.25, 0.3) is 0 Å². The van der Waals surface area contributed by atoms with E-state index < -0.39 is 0 Å². The third-order valence-electron chi connectivity index (χ3n) is 4.35. The zero-order chi connectivity index (χ0) is 20.5. The second-order valence-corrected chi connectivity index (χ2v) is 6.22. The van der Waals surface area contributed by atoms with Crippen LogP contribution >= 0.6 is 0 Å². The summed E-state index contributed by atoms with van der Waals surface area (Å²) in [4.78, 5) is 41.0. The van der Waals surface area contributed by atoms with Gasteiger partial charge in [-0.05, 0) is 32.3 Å². The van der Waals surface area contributed by atoms with E-state index in [9.17, 15) is 14.4 Å². The molecule has 0 bridgehead atoms. The Kier molecular flexibility index (Phi) is 8.03. The molecule has 9 heteroatoms. The van der Waals surface area contributed by atoms with Gasteiger partial charge in [-0.25, -0.2) is 5.01 Å². The Morgan fingerprint density at radius 1 is 1.04 bits per heavy atom. The van der Waals surface area contributed by atoms with E-state index in [4.69, 9.17) is 14.2 Å². The summed E-state index contributed by atoms with van der Waals surface area (Å²) in [5.74, 6) is -0.256. The van der Waals surface area contributed by atoms with Gasteiger partial charge in [-0.1, -0.05) is 0 Å². The van der Waals surface area contributed by atoms with Crippen LogP contribution in [0.3, 0.4) is 0 Å². The maximum Gasteiger partial charge on any atom is 0.305 e. The van der Waals surface area contributed by atoms with Crippen LogP contribution in [0.15, 0.2) is 12.1 Å². The maximum atomic E-state index is 12.9. The Balaban J connectivity index is 1.97. The van der Waals surface area contributed by atoms with Crippen molar-refractivity contribution in [3.63, 3.8) is 0 Å². The van der Waals surface area contributed by atoms with E-state index in [0.717, 1.165) is 0 Å². The molecule has 1 saturated heterocycles. The van der Waals surface area contributed by atoms with Crippen LogP contribution < -0.4 is 9.47 Å². The summed E-state index contributed by atoms with van der Waals surface area (Å²) >= 11 is 0. The molecule has 28 heavy (non-hydrogen) atoms. The standard InChI is InChI=1S/C19H27N3O6/c1-4-28-17(24)9-6-5-8-16(23)21-12-7-13-22(21)19(25)14-10-11-15(26-2)20-18(14)27-3/h10-11H,4-9,12-13H2,1-3H3. The highest BCUT2D eigenvalue weighted by Crippen LogP contribution is 2.24. The van der Waals surface area contributed by atoms with Crippen molar-refractivity contribution in [3.05, 3.63) is 17.7 Å². The van der Waals surface area contributed by atoms with Crippen LogP contribution in [-0.2, 0) is 14.3 Å². The van der Waals surface area contributed by atoms with Gasteiger partial charge in [0.15, 0.2) is 0 Å².